The average Bonchev–Trinajstić information content (AvgIpc) is 2.43. The van der Waals surface area contributed by atoms with E-state index in [1.54, 1.807) is 18.2 Å². The number of ether oxygens (including phenoxy) is 1. The first-order chi connectivity index (χ1) is 9.97. The molecule has 0 spiro atoms. The van der Waals surface area contributed by atoms with Gasteiger partial charge in [-0.25, -0.2) is 4.79 Å². The fourth-order valence-corrected chi connectivity index (χ4v) is 3.13. The standard InChI is InChI=1S/C16H21Cl2NO2/c1-19(2)10-12-5-3-4-6-15(12)21-16(20)11-7-8-13(17)14(18)9-11/h7-9,12,15H,3-6,10H2,1-2H3/t12-,15-/m1/s1. The topological polar surface area (TPSA) is 29.5 Å². The molecule has 0 amide bonds. The Morgan fingerprint density at radius 1 is 1.24 bits per heavy atom. The third kappa shape index (κ3) is 4.60. The Balaban J connectivity index is 2.04. The van der Waals surface area contributed by atoms with Crippen molar-refractivity contribution in [3.05, 3.63) is 33.8 Å². The van der Waals surface area contributed by atoms with Crippen molar-refractivity contribution >= 4 is 29.2 Å². The van der Waals surface area contributed by atoms with E-state index in [-0.39, 0.29) is 12.1 Å². The Labute approximate surface area is 136 Å². The molecule has 3 nitrogen and oxygen atoms in total. The molecule has 2 rings (SSSR count). The second-order valence-corrected chi connectivity index (χ2v) is 6.69. The molecule has 0 N–H and O–H groups in total. The molecule has 0 aliphatic heterocycles. The molecule has 2 atom stereocenters. The normalized spacial score (nSPS) is 22.3. The van der Waals surface area contributed by atoms with E-state index in [1.807, 2.05) is 14.1 Å². The van der Waals surface area contributed by atoms with E-state index in [9.17, 15) is 4.79 Å². The number of carbonyl (C=O) groups excluding carboxylic acids is 1. The summed E-state index contributed by atoms with van der Waals surface area (Å²) in [5.41, 5.74) is 0.457. The Morgan fingerprint density at radius 3 is 2.62 bits per heavy atom. The highest BCUT2D eigenvalue weighted by Crippen LogP contribution is 2.29. The van der Waals surface area contributed by atoms with Crippen LogP contribution in [0.1, 0.15) is 36.0 Å². The molecule has 0 bridgehead atoms. The predicted molar refractivity (Wildman–Crippen MR) is 86.2 cm³/mol. The maximum absolute atomic E-state index is 12.3. The van der Waals surface area contributed by atoms with Crippen molar-refractivity contribution in [3.8, 4) is 0 Å². The van der Waals surface area contributed by atoms with Crippen molar-refractivity contribution in [3.63, 3.8) is 0 Å². The van der Waals surface area contributed by atoms with Gasteiger partial charge in [0.1, 0.15) is 6.10 Å². The molecule has 1 saturated carbocycles. The summed E-state index contributed by atoms with van der Waals surface area (Å²) in [7, 11) is 4.10. The molecule has 0 unspecified atom stereocenters. The summed E-state index contributed by atoms with van der Waals surface area (Å²) in [4.78, 5) is 14.4. The summed E-state index contributed by atoms with van der Waals surface area (Å²) >= 11 is 11.8. The van der Waals surface area contributed by atoms with Crippen LogP contribution in [0.25, 0.3) is 0 Å². The van der Waals surface area contributed by atoms with E-state index in [0.717, 1.165) is 25.8 Å². The van der Waals surface area contributed by atoms with Crippen molar-refractivity contribution in [2.24, 2.45) is 5.92 Å². The molecule has 0 aromatic heterocycles. The lowest BCUT2D eigenvalue weighted by atomic mass is 9.86. The van der Waals surface area contributed by atoms with E-state index in [0.29, 0.717) is 21.5 Å². The number of rotatable bonds is 4. The SMILES string of the molecule is CN(C)C[C@H]1CCCC[C@H]1OC(=O)c1ccc(Cl)c(Cl)c1. The van der Waals surface area contributed by atoms with Crippen LogP contribution in [-0.4, -0.2) is 37.6 Å². The first kappa shape index (κ1) is 16.6. The van der Waals surface area contributed by atoms with Crippen molar-refractivity contribution < 1.29 is 9.53 Å². The highest BCUT2D eigenvalue weighted by Gasteiger charge is 2.29. The van der Waals surface area contributed by atoms with Gasteiger partial charge in [0.25, 0.3) is 0 Å². The number of hydrogen-bond donors (Lipinski definition) is 0. The molecule has 1 aliphatic rings. The summed E-state index contributed by atoms with van der Waals surface area (Å²) in [6.45, 7) is 0.944. The number of nitrogens with zero attached hydrogens (tertiary/aromatic N) is 1. The third-order valence-corrected chi connectivity index (χ3v) is 4.59. The van der Waals surface area contributed by atoms with Crippen LogP contribution in [-0.2, 0) is 4.74 Å². The fraction of sp³-hybridized carbons (Fsp3) is 0.562. The average molecular weight is 330 g/mol. The van der Waals surface area contributed by atoms with Crippen molar-refractivity contribution in [2.75, 3.05) is 20.6 Å². The maximum atomic E-state index is 12.3. The van der Waals surface area contributed by atoms with Gasteiger partial charge >= 0.3 is 5.97 Å². The van der Waals surface area contributed by atoms with E-state index in [1.165, 1.54) is 6.42 Å². The van der Waals surface area contributed by atoms with E-state index >= 15 is 0 Å². The minimum absolute atomic E-state index is 0.0110. The number of esters is 1. The Hall–Kier alpha value is -0.770. The molecule has 0 radical (unpaired) electrons. The number of hydrogen-bond acceptors (Lipinski definition) is 3. The first-order valence-electron chi connectivity index (χ1n) is 7.28. The smallest absolute Gasteiger partial charge is 0.338 e. The predicted octanol–water partition coefficient (Wildman–Crippen LogP) is 4.27. The van der Waals surface area contributed by atoms with Crippen LogP contribution < -0.4 is 0 Å². The van der Waals surface area contributed by atoms with Gasteiger partial charge in [-0.05, 0) is 51.6 Å². The second kappa shape index (κ2) is 7.48. The van der Waals surface area contributed by atoms with Gasteiger partial charge in [-0.2, -0.15) is 0 Å². The van der Waals surface area contributed by atoms with Gasteiger partial charge < -0.3 is 9.64 Å². The van der Waals surface area contributed by atoms with Gasteiger partial charge in [0.2, 0.25) is 0 Å². The molecule has 0 heterocycles. The zero-order valence-corrected chi connectivity index (χ0v) is 14.0. The zero-order valence-electron chi connectivity index (χ0n) is 12.4. The number of carbonyl (C=O) groups is 1. The second-order valence-electron chi connectivity index (χ2n) is 5.88. The van der Waals surface area contributed by atoms with Crippen LogP contribution in [0.3, 0.4) is 0 Å². The molecule has 1 aromatic carbocycles. The maximum Gasteiger partial charge on any atom is 0.338 e. The number of benzene rings is 1. The third-order valence-electron chi connectivity index (χ3n) is 3.85. The highest BCUT2D eigenvalue weighted by molar-refractivity contribution is 6.42. The van der Waals surface area contributed by atoms with Crippen LogP contribution in [0.15, 0.2) is 18.2 Å². The van der Waals surface area contributed by atoms with Gasteiger partial charge in [0.15, 0.2) is 0 Å². The van der Waals surface area contributed by atoms with Crippen molar-refractivity contribution in [2.45, 2.75) is 31.8 Å². The molecule has 0 saturated heterocycles. The molecule has 1 aliphatic carbocycles. The van der Waals surface area contributed by atoms with Crippen molar-refractivity contribution in [1.82, 2.24) is 4.90 Å². The molecule has 1 fully saturated rings. The Bertz CT molecular complexity index is 505. The van der Waals surface area contributed by atoms with Crippen LogP contribution in [0.4, 0.5) is 0 Å². The molecule has 5 heteroatoms. The molecule has 1 aromatic rings. The van der Waals surface area contributed by atoms with Crippen molar-refractivity contribution in [1.29, 1.82) is 0 Å². The van der Waals surface area contributed by atoms with Gasteiger partial charge in [0, 0.05) is 12.5 Å². The lowest BCUT2D eigenvalue weighted by Gasteiger charge is -2.32. The van der Waals surface area contributed by atoms with Gasteiger partial charge in [0.05, 0.1) is 15.6 Å². The summed E-state index contributed by atoms with van der Waals surface area (Å²) in [6.07, 6.45) is 4.36. The lowest BCUT2D eigenvalue weighted by Crippen LogP contribution is -2.36. The fourth-order valence-electron chi connectivity index (χ4n) is 2.84. The Morgan fingerprint density at radius 2 is 1.95 bits per heavy atom. The van der Waals surface area contributed by atoms with Gasteiger partial charge in [-0.15, -0.1) is 0 Å². The molecule has 116 valence electrons. The van der Waals surface area contributed by atoms with E-state index < -0.39 is 0 Å². The minimum Gasteiger partial charge on any atom is -0.458 e. The summed E-state index contributed by atoms with van der Waals surface area (Å²) in [5.74, 6) is 0.0877. The molecular formula is C16H21Cl2NO2. The van der Waals surface area contributed by atoms with E-state index in [2.05, 4.69) is 4.90 Å². The van der Waals surface area contributed by atoms with Gasteiger partial charge in [-0.1, -0.05) is 29.6 Å². The molecular weight excluding hydrogens is 309 g/mol. The zero-order chi connectivity index (χ0) is 15.4. The molecule has 21 heavy (non-hydrogen) atoms. The largest absolute Gasteiger partial charge is 0.458 e. The van der Waals surface area contributed by atoms with E-state index in [4.69, 9.17) is 27.9 Å². The quantitative estimate of drug-likeness (QED) is 0.772. The summed E-state index contributed by atoms with van der Waals surface area (Å²) < 4.78 is 5.72. The monoisotopic (exact) mass is 329 g/mol. The van der Waals surface area contributed by atoms with Crippen LogP contribution in [0.5, 0.6) is 0 Å². The first-order valence-corrected chi connectivity index (χ1v) is 8.03. The van der Waals surface area contributed by atoms with Crippen LogP contribution in [0.2, 0.25) is 10.0 Å². The lowest BCUT2D eigenvalue weighted by molar-refractivity contribution is -0.00324. The summed E-state index contributed by atoms with van der Waals surface area (Å²) in [5, 5.41) is 0.816. The minimum atomic E-state index is -0.316. The highest BCUT2D eigenvalue weighted by atomic mass is 35.5. The van der Waals surface area contributed by atoms with Crippen LogP contribution >= 0.6 is 23.2 Å². The van der Waals surface area contributed by atoms with Crippen LogP contribution in [0, 0.1) is 5.92 Å². The summed E-state index contributed by atoms with van der Waals surface area (Å²) in [6, 6.07) is 4.84. The number of halogens is 2. The van der Waals surface area contributed by atoms with Gasteiger partial charge in [-0.3, -0.25) is 0 Å². The Kier molecular flexibility index (Phi) is 5.91.